The van der Waals surface area contributed by atoms with E-state index in [0.717, 1.165) is 16.5 Å². The number of carbonyl (C=O) groups is 1. The van der Waals surface area contributed by atoms with Crippen LogP contribution in [0.15, 0.2) is 66.1 Å². The van der Waals surface area contributed by atoms with Gasteiger partial charge in [-0.25, -0.2) is 8.42 Å². The molecular formula is C18H16O4S. The number of hydrogen-bond acceptors (Lipinski definition) is 4. The van der Waals surface area contributed by atoms with Crippen molar-refractivity contribution in [3.63, 3.8) is 0 Å². The van der Waals surface area contributed by atoms with E-state index in [9.17, 15) is 13.2 Å². The Bertz CT molecular complexity index is 821. The second-order valence-corrected chi connectivity index (χ2v) is 7.31. The number of ketones is 1. The Kier molecular flexibility index (Phi) is 4.41. The second kappa shape index (κ2) is 6.48. The van der Waals surface area contributed by atoms with Gasteiger partial charge in [0.25, 0.3) is 0 Å². The minimum absolute atomic E-state index is 0.0901. The molecule has 2 aromatic rings. The number of carbonyl (C=O) groups excluding carboxylic acids is 1. The molecule has 0 bridgehead atoms. The van der Waals surface area contributed by atoms with Crippen LogP contribution in [0.5, 0.6) is 0 Å². The zero-order valence-electron chi connectivity index (χ0n) is 12.4. The Hall–Kier alpha value is -2.24. The largest absolute Gasteiger partial charge is 0.365 e. The van der Waals surface area contributed by atoms with E-state index >= 15 is 0 Å². The lowest BCUT2D eigenvalue weighted by atomic mass is 10.0. The fraction of sp³-hybridized carbons (Fsp3) is 0.167. The zero-order chi connectivity index (χ0) is 16.3. The molecule has 0 aromatic heterocycles. The van der Waals surface area contributed by atoms with Crippen LogP contribution in [-0.4, -0.2) is 32.7 Å². The van der Waals surface area contributed by atoms with Crippen molar-refractivity contribution in [1.29, 1.82) is 0 Å². The molecule has 1 atom stereocenters. The van der Waals surface area contributed by atoms with E-state index in [-0.39, 0.29) is 18.1 Å². The molecule has 1 aliphatic heterocycles. The summed E-state index contributed by atoms with van der Waals surface area (Å²) in [6.45, 7) is -0.130. The molecule has 1 heterocycles. The maximum atomic E-state index is 12.1. The van der Waals surface area contributed by atoms with Crippen LogP contribution in [0.1, 0.15) is 10.4 Å². The second-order valence-electron chi connectivity index (χ2n) is 5.37. The van der Waals surface area contributed by atoms with Gasteiger partial charge in [-0.3, -0.25) is 4.79 Å². The summed E-state index contributed by atoms with van der Waals surface area (Å²) in [5.74, 6) is -0.255. The fourth-order valence-electron chi connectivity index (χ4n) is 2.40. The molecule has 2 aromatic carbocycles. The first-order valence-corrected chi connectivity index (χ1v) is 8.96. The molecule has 23 heavy (non-hydrogen) atoms. The molecule has 4 nitrogen and oxygen atoms in total. The van der Waals surface area contributed by atoms with Crippen LogP contribution in [0.2, 0.25) is 0 Å². The standard InChI is InChI=1S/C18H16O4S/c19-18(12-22-17-10-11-23(20,21)13-17)16-8-6-15(7-9-16)14-4-2-1-3-5-14/h1-11,17H,12-13H2. The van der Waals surface area contributed by atoms with Crippen LogP contribution < -0.4 is 0 Å². The highest BCUT2D eigenvalue weighted by molar-refractivity contribution is 7.94. The Balaban J connectivity index is 1.61. The smallest absolute Gasteiger partial charge is 0.188 e. The fourth-order valence-corrected chi connectivity index (χ4v) is 3.59. The molecule has 0 N–H and O–H groups in total. The first-order chi connectivity index (χ1) is 11.0. The van der Waals surface area contributed by atoms with Crippen molar-refractivity contribution in [3.05, 3.63) is 71.6 Å². The maximum Gasteiger partial charge on any atom is 0.188 e. The number of hydrogen-bond donors (Lipinski definition) is 0. The highest BCUT2D eigenvalue weighted by atomic mass is 32.2. The summed E-state index contributed by atoms with van der Waals surface area (Å²) >= 11 is 0. The quantitative estimate of drug-likeness (QED) is 0.792. The van der Waals surface area contributed by atoms with E-state index in [4.69, 9.17) is 4.74 Å². The number of ether oxygens (including phenoxy) is 1. The van der Waals surface area contributed by atoms with Gasteiger partial charge in [-0.1, -0.05) is 54.6 Å². The molecule has 1 unspecified atom stereocenters. The lowest BCUT2D eigenvalue weighted by Gasteiger charge is -2.09. The van der Waals surface area contributed by atoms with Gasteiger partial charge in [0.05, 0.1) is 11.9 Å². The van der Waals surface area contributed by atoms with Gasteiger partial charge in [0.1, 0.15) is 6.61 Å². The molecule has 0 aliphatic carbocycles. The van der Waals surface area contributed by atoms with Crippen LogP contribution >= 0.6 is 0 Å². The molecule has 1 aliphatic rings. The van der Waals surface area contributed by atoms with Gasteiger partial charge < -0.3 is 4.74 Å². The average Bonchev–Trinajstić information content (AvgIpc) is 2.93. The molecule has 5 heteroatoms. The van der Waals surface area contributed by atoms with Crippen molar-refractivity contribution >= 4 is 15.6 Å². The van der Waals surface area contributed by atoms with Crippen LogP contribution in [0.4, 0.5) is 0 Å². The topological polar surface area (TPSA) is 60.4 Å². The molecule has 3 rings (SSSR count). The van der Waals surface area contributed by atoms with E-state index in [1.54, 1.807) is 12.1 Å². The van der Waals surface area contributed by atoms with Crippen LogP contribution in [0.25, 0.3) is 11.1 Å². The average molecular weight is 328 g/mol. The zero-order valence-corrected chi connectivity index (χ0v) is 13.2. The van der Waals surface area contributed by atoms with Gasteiger partial charge in [0, 0.05) is 11.0 Å². The monoisotopic (exact) mass is 328 g/mol. The van der Waals surface area contributed by atoms with Gasteiger partial charge in [0.2, 0.25) is 0 Å². The van der Waals surface area contributed by atoms with E-state index in [1.165, 1.54) is 6.08 Å². The van der Waals surface area contributed by atoms with E-state index in [0.29, 0.717) is 5.56 Å². The molecular weight excluding hydrogens is 312 g/mol. The molecule has 0 fully saturated rings. The molecule has 0 spiro atoms. The summed E-state index contributed by atoms with van der Waals surface area (Å²) in [7, 11) is -3.16. The van der Waals surface area contributed by atoms with E-state index in [2.05, 4.69) is 0 Å². The Morgan fingerprint density at radius 1 is 1.00 bits per heavy atom. The summed E-state index contributed by atoms with van der Waals surface area (Å²) in [5.41, 5.74) is 2.67. The normalized spacial score (nSPS) is 18.9. The first-order valence-electron chi connectivity index (χ1n) is 7.25. The van der Waals surface area contributed by atoms with Gasteiger partial charge in [-0.15, -0.1) is 0 Å². The minimum atomic E-state index is -3.16. The molecule has 0 amide bonds. The third-order valence-corrected chi connectivity index (χ3v) is 5.00. The van der Waals surface area contributed by atoms with Crippen LogP contribution in [0, 0.1) is 0 Å². The molecule has 0 radical (unpaired) electrons. The van der Waals surface area contributed by atoms with Crippen molar-refractivity contribution < 1.29 is 17.9 Å². The lowest BCUT2D eigenvalue weighted by Crippen LogP contribution is -2.20. The third-order valence-electron chi connectivity index (χ3n) is 3.64. The Morgan fingerprint density at radius 2 is 1.65 bits per heavy atom. The van der Waals surface area contributed by atoms with Crippen molar-refractivity contribution in [1.82, 2.24) is 0 Å². The highest BCUT2D eigenvalue weighted by Crippen LogP contribution is 2.19. The summed E-state index contributed by atoms with van der Waals surface area (Å²) in [6, 6.07) is 17.2. The minimum Gasteiger partial charge on any atom is -0.365 e. The first kappa shape index (κ1) is 15.6. The third kappa shape index (κ3) is 3.94. The predicted molar refractivity (Wildman–Crippen MR) is 88.9 cm³/mol. The van der Waals surface area contributed by atoms with Gasteiger partial charge in [-0.05, 0) is 17.2 Å². The van der Waals surface area contributed by atoms with Gasteiger partial charge in [0.15, 0.2) is 15.6 Å². The van der Waals surface area contributed by atoms with E-state index in [1.807, 2.05) is 42.5 Å². The van der Waals surface area contributed by atoms with E-state index < -0.39 is 15.9 Å². The van der Waals surface area contributed by atoms with Crippen LogP contribution in [-0.2, 0) is 14.6 Å². The lowest BCUT2D eigenvalue weighted by molar-refractivity contribution is 0.0670. The SMILES string of the molecule is O=C(COC1C=CS(=O)(=O)C1)c1ccc(-c2ccccc2)cc1. The molecule has 0 saturated heterocycles. The van der Waals surface area contributed by atoms with Crippen molar-refractivity contribution in [2.75, 3.05) is 12.4 Å². The van der Waals surface area contributed by atoms with Crippen molar-refractivity contribution in [2.24, 2.45) is 0 Å². The van der Waals surface area contributed by atoms with Crippen LogP contribution in [0.3, 0.4) is 0 Å². The number of Topliss-reactive ketones (excluding diaryl/α,β-unsaturated/α-hetero) is 1. The predicted octanol–water partition coefficient (Wildman–Crippen LogP) is 2.86. The Morgan fingerprint density at radius 3 is 2.26 bits per heavy atom. The Labute approximate surface area is 135 Å². The summed E-state index contributed by atoms with van der Waals surface area (Å²) in [5, 5.41) is 1.14. The maximum absolute atomic E-state index is 12.1. The number of sulfone groups is 1. The van der Waals surface area contributed by atoms with Gasteiger partial charge >= 0.3 is 0 Å². The number of benzene rings is 2. The summed E-state index contributed by atoms with van der Waals surface area (Å²) in [4.78, 5) is 12.1. The summed E-state index contributed by atoms with van der Waals surface area (Å²) in [6.07, 6.45) is 0.939. The number of rotatable bonds is 5. The molecule has 118 valence electrons. The van der Waals surface area contributed by atoms with Gasteiger partial charge in [-0.2, -0.15) is 0 Å². The molecule has 0 saturated carbocycles. The highest BCUT2D eigenvalue weighted by Gasteiger charge is 2.23. The summed E-state index contributed by atoms with van der Waals surface area (Å²) < 4.78 is 27.9. The van der Waals surface area contributed by atoms with Crippen molar-refractivity contribution in [3.8, 4) is 11.1 Å². The van der Waals surface area contributed by atoms with Crippen molar-refractivity contribution in [2.45, 2.75) is 6.10 Å².